The van der Waals surface area contributed by atoms with Gasteiger partial charge in [-0.1, -0.05) is 0 Å². The molecule has 1 aliphatic rings. The number of likely N-dealkylation sites (N-methyl/N-ethyl adjacent to an activating group) is 2. The van der Waals surface area contributed by atoms with E-state index in [1.54, 1.807) is 13.8 Å². The normalized spacial score (nSPS) is 14.8. The lowest BCUT2D eigenvalue weighted by Gasteiger charge is -2.13. The fraction of sp³-hybridized carbons (Fsp3) is 0.545. The first kappa shape index (κ1) is 15.6. The Kier molecular flexibility index (Phi) is 5.18. The van der Waals surface area contributed by atoms with Crippen LogP contribution in [-0.4, -0.2) is 65.6 Å². The Morgan fingerprint density at radius 2 is 1.55 bits per heavy atom. The summed E-state index contributed by atoms with van der Waals surface area (Å²) in [5.41, 5.74) is 0. The summed E-state index contributed by atoms with van der Waals surface area (Å²) in [5, 5.41) is 4.73. The molecule has 1 rings (SSSR count). The van der Waals surface area contributed by atoms with E-state index in [2.05, 4.69) is 10.6 Å². The minimum Gasteiger partial charge on any atom is -0.355 e. The van der Waals surface area contributed by atoms with Crippen LogP contribution in [-0.2, 0) is 19.2 Å². The number of nitrogens with one attached hydrogen (secondary N) is 2. The molecule has 0 aromatic rings. The minimum absolute atomic E-state index is 0.0560. The van der Waals surface area contributed by atoms with Gasteiger partial charge in [-0.2, -0.15) is 0 Å². The third-order valence-electron chi connectivity index (χ3n) is 2.57. The van der Waals surface area contributed by atoms with Crippen molar-refractivity contribution in [2.45, 2.75) is 13.8 Å². The maximum Gasteiger partial charge on any atom is 0.334 e. The highest BCUT2D eigenvalue weighted by Crippen LogP contribution is 2.10. The number of carbonyl (C=O) groups excluding carboxylic acids is 5. The molecule has 110 valence electrons. The lowest BCUT2D eigenvalue weighted by molar-refractivity contribution is -0.144. The monoisotopic (exact) mass is 284 g/mol. The molecule has 6 amide bonds. The third-order valence-corrected chi connectivity index (χ3v) is 2.57. The van der Waals surface area contributed by atoms with Crippen LogP contribution in [0.5, 0.6) is 0 Å². The first-order chi connectivity index (χ1) is 9.42. The lowest BCUT2D eigenvalue weighted by Crippen LogP contribution is -2.44. The van der Waals surface area contributed by atoms with Crippen LogP contribution in [0.2, 0.25) is 0 Å². The number of urea groups is 1. The molecular formula is C11H16N4O5. The highest BCUT2D eigenvalue weighted by atomic mass is 16.2. The molecule has 0 spiro atoms. The average Bonchev–Trinajstić information content (AvgIpc) is 2.60. The Labute approximate surface area is 115 Å². The van der Waals surface area contributed by atoms with Gasteiger partial charge in [0.15, 0.2) is 0 Å². The van der Waals surface area contributed by atoms with E-state index in [1.165, 1.54) is 0 Å². The van der Waals surface area contributed by atoms with Gasteiger partial charge in [0.1, 0.15) is 6.54 Å². The van der Waals surface area contributed by atoms with Crippen LogP contribution in [0.4, 0.5) is 4.79 Å². The van der Waals surface area contributed by atoms with Gasteiger partial charge in [0.2, 0.25) is 11.8 Å². The highest BCUT2D eigenvalue weighted by molar-refractivity contribution is 6.45. The van der Waals surface area contributed by atoms with Gasteiger partial charge in [-0.05, 0) is 13.8 Å². The number of hydrogen-bond donors (Lipinski definition) is 2. The van der Waals surface area contributed by atoms with Crippen LogP contribution in [0.3, 0.4) is 0 Å². The van der Waals surface area contributed by atoms with Crippen molar-refractivity contribution in [3.63, 3.8) is 0 Å². The molecule has 1 saturated heterocycles. The SMILES string of the molecule is CCNC(=O)CNC(=O)CN1C(=O)C(=O)N(CC)C1=O. The quantitative estimate of drug-likeness (QED) is 0.434. The molecule has 0 atom stereocenters. The predicted octanol–water partition coefficient (Wildman–Crippen LogP) is -1.95. The van der Waals surface area contributed by atoms with E-state index in [0.29, 0.717) is 11.4 Å². The molecule has 0 unspecified atom stereocenters. The standard InChI is InChI=1S/C11H16N4O5/c1-3-12-7(16)5-13-8(17)6-15-10(19)9(18)14(4-2)11(15)20/h3-6H2,1-2H3,(H,12,16)(H,13,17). The van der Waals surface area contributed by atoms with Crippen LogP contribution < -0.4 is 10.6 Å². The number of carbonyl (C=O) groups is 5. The van der Waals surface area contributed by atoms with E-state index in [9.17, 15) is 24.0 Å². The second kappa shape index (κ2) is 6.64. The van der Waals surface area contributed by atoms with Crippen molar-refractivity contribution < 1.29 is 24.0 Å². The van der Waals surface area contributed by atoms with Crippen LogP contribution in [0, 0.1) is 0 Å². The predicted molar refractivity (Wildman–Crippen MR) is 66.2 cm³/mol. The summed E-state index contributed by atoms with van der Waals surface area (Å²) >= 11 is 0. The number of imide groups is 2. The molecule has 0 radical (unpaired) electrons. The van der Waals surface area contributed by atoms with E-state index in [1.807, 2.05) is 0 Å². The van der Waals surface area contributed by atoms with E-state index in [0.717, 1.165) is 4.90 Å². The van der Waals surface area contributed by atoms with Gasteiger partial charge in [-0.15, -0.1) is 0 Å². The summed E-state index contributed by atoms with van der Waals surface area (Å²) < 4.78 is 0. The Balaban J connectivity index is 2.54. The summed E-state index contributed by atoms with van der Waals surface area (Å²) in [4.78, 5) is 58.6. The smallest absolute Gasteiger partial charge is 0.334 e. The van der Waals surface area contributed by atoms with Gasteiger partial charge in [0.25, 0.3) is 0 Å². The van der Waals surface area contributed by atoms with Crippen LogP contribution in [0.1, 0.15) is 13.8 Å². The molecule has 0 saturated carbocycles. The fourth-order valence-corrected chi connectivity index (χ4v) is 1.61. The molecule has 20 heavy (non-hydrogen) atoms. The van der Waals surface area contributed by atoms with E-state index in [4.69, 9.17) is 0 Å². The van der Waals surface area contributed by atoms with Crippen LogP contribution >= 0.6 is 0 Å². The van der Waals surface area contributed by atoms with Crippen molar-refractivity contribution in [1.82, 2.24) is 20.4 Å². The fourth-order valence-electron chi connectivity index (χ4n) is 1.61. The van der Waals surface area contributed by atoms with E-state index in [-0.39, 0.29) is 19.0 Å². The molecule has 1 heterocycles. The minimum atomic E-state index is -1.04. The number of hydrogen-bond acceptors (Lipinski definition) is 5. The zero-order valence-corrected chi connectivity index (χ0v) is 11.3. The summed E-state index contributed by atoms with van der Waals surface area (Å²) in [7, 11) is 0. The van der Waals surface area contributed by atoms with Crippen molar-refractivity contribution >= 4 is 29.7 Å². The van der Waals surface area contributed by atoms with Gasteiger partial charge in [0.05, 0.1) is 6.54 Å². The Hall–Kier alpha value is -2.45. The Morgan fingerprint density at radius 3 is 2.05 bits per heavy atom. The molecule has 0 aliphatic carbocycles. The number of amides is 6. The van der Waals surface area contributed by atoms with Crippen molar-refractivity contribution in [3.8, 4) is 0 Å². The topological polar surface area (TPSA) is 116 Å². The largest absolute Gasteiger partial charge is 0.355 e. The average molecular weight is 284 g/mol. The van der Waals surface area contributed by atoms with Gasteiger partial charge in [-0.3, -0.25) is 24.1 Å². The highest BCUT2D eigenvalue weighted by Gasteiger charge is 2.44. The summed E-state index contributed by atoms with van der Waals surface area (Å²) in [5.74, 6) is -3.06. The summed E-state index contributed by atoms with van der Waals surface area (Å²) in [6, 6.07) is -0.823. The molecule has 0 aromatic carbocycles. The maximum atomic E-state index is 11.7. The second-order valence-electron chi connectivity index (χ2n) is 3.95. The molecule has 9 nitrogen and oxygen atoms in total. The summed E-state index contributed by atoms with van der Waals surface area (Å²) in [6.45, 7) is 2.92. The van der Waals surface area contributed by atoms with Crippen molar-refractivity contribution in [3.05, 3.63) is 0 Å². The van der Waals surface area contributed by atoms with Gasteiger partial charge in [0, 0.05) is 13.1 Å². The van der Waals surface area contributed by atoms with Gasteiger partial charge < -0.3 is 10.6 Å². The molecule has 2 N–H and O–H groups in total. The second-order valence-corrected chi connectivity index (χ2v) is 3.95. The van der Waals surface area contributed by atoms with Gasteiger partial charge >= 0.3 is 17.8 Å². The number of rotatable bonds is 6. The lowest BCUT2D eigenvalue weighted by atomic mass is 10.4. The zero-order chi connectivity index (χ0) is 15.3. The van der Waals surface area contributed by atoms with Crippen LogP contribution in [0.25, 0.3) is 0 Å². The Bertz CT molecular complexity index is 462. The zero-order valence-electron chi connectivity index (χ0n) is 11.3. The molecule has 0 aromatic heterocycles. The Morgan fingerprint density at radius 1 is 0.950 bits per heavy atom. The maximum absolute atomic E-state index is 11.7. The first-order valence-electron chi connectivity index (χ1n) is 6.13. The molecule has 1 fully saturated rings. The van der Waals surface area contributed by atoms with Crippen molar-refractivity contribution in [2.24, 2.45) is 0 Å². The van der Waals surface area contributed by atoms with Crippen LogP contribution in [0.15, 0.2) is 0 Å². The van der Waals surface area contributed by atoms with Crippen molar-refractivity contribution in [1.29, 1.82) is 0 Å². The number of nitrogens with zero attached hydrogens (tertiary/aromatic N) is 2. The first-order valence-corrected chi connectivity index (χ1v) is 6.13. The van der Waals surface area contributed by atoms with E-state index < -0.39 is 30.3 Å². The van der Waals surface area contributed by atoms with Gasteiger partial charge in [-0.25, -0.2) is 9.69 Å². The van der Waals surface area contributed by atoms with Crippen molar-refractivity contribution in [2.75, 3.05) is 26.2 Å². The molecule has 9 heteroatoms. The molecular weight excluding hydrogens is 268 g/mol. The molecule has 0 bridgehead atoms. The van der Waals surface area contributed by atoms with E-state index >= 15 is 0 Å². The molecule has 1 aliphatic heterocycles. The summed E-state index contributed by atoms with van der Waals surface area (Å²) in [6.07, 6.45) is 0. The third kappa shape index (κ3) is 3.31.